The number of esters is 2. The van der Waals surface area contributed by atoms with Gasteiger partial charge in [-0.2, -0.15) is 0 Å². The molecule has 0 amide bonds. The Morgan fingerprint density at radius 3 is 1.33 bits per heavy atom. The van der Waals surface area contributed by atoms with E-state index in [0.29, 0.717) is 33.8 Å². The highest BCUT2D eigenvalue weighted by atomic mass is 16.5. The number of carbonyl (C=O) groups is 2. The number of benzene rings is 2. The van der Waals surface area contributed by atoms with Crippen molar-refractivity contribution in [1.29, 1.82) is 0 Å². The Balaban J connectivity index is 0.000000487. The van der Waals surface area contributed by atoms with Gasteiger partial charge in [-0.25, -0.2) is 9.59 Å². The second-order valence-corrected chi connectivity index (χ2v) is 4.72. The monoisotopic (exact) mass is 324 g/mol. The average molecular weight is 324 g/mol. The Morgan fingerprint density at radius 1 is 0.667 bits per heavy atom. The van der Waals surface area contributed by atoms with E-state index in [2.05, 4.69) is 13.2 Å². The lowest BCUT2D eigenvalue weighted by molar-refractivity contribution is -0.127. The Bertz CT molecular complexity index is 802. The maximum absolute atomic E-state index is 11.6. The van der Waals surface area contributed by atoms with Gasteiger partial charge in [0, 0.05) is 21.9 Å². The molecule has 0 N–H and O–H groups in total. The summed E-state index contributed by atoms with van der Waals surface area (Å²) in [6, 6.07) is 7.10. The predicted octanol–water partition coefficient (Wildman–Crippen LogP) is 4.76. The number of hydrogen-bond donors (Lipinski definition) is 0. The topological polar surface area (TPSA) is 52.6 Å². The molecule has 0 fully saturated rings. The Kier molecular flexibility index (Phi) is 4.88. The van der Waals surface area contributed by atoms with Gasteiger partial charge in [0.2, 0.25) is 0 Å². The maximum atomic E-state index is 11.6. The molecule has 2 heterocycles. The molecule has 4 rings (SSSR count). The number of ether oxygens (including phenoxy) is 2. The Labute approximate surface area is 141 Å². The van der Waals surface area contributed by atoms with Crippen molar-refractivity contribution in [2.24, 2.45) is 0 Å². The van der Waals surface area contributed by atoms with Gasteiger partial charge in [0.1, 0.15) is 11.5 Å². The lowest BCUT2D eigenvalue weighted by Crippen LogP contribution is -1.99. The van der Waals surface area contributed by atoms with Crippen LogP contribution in [-0.4, -0.2) is 11.9 Å². The fraction of sp³-hybridized carbons (Fsp3) is 0.200. The first-order valence-electron chi connectivity index (χ1n) is 8.00. The van der Waals surface area contributed by atoms with Crippen LogP contribution >= 0.6 is 0 Å². The molecule has 2 aromatic carbocycles. The van der Waals surface area contributed by atoms with Crippen molar-refractivity contribution < 1.29 is 19.1 Å². The van der Waals surface area contributed by atoms with Crippen molar-refractivity contribution in [3.05, 3.63) is 48.6 Å². The molecule has 0 radical (unpaired) electrons. The minimum absolute atomic E-state index is 0.337. The molecule has 0 atom stereocenters. The number of rotatable bonds is 0. The first-order chi connectivity index (χ1) is 11.6. The van der Waals surface area contributed by atoms with Gasteiger partial charge >= 0.3 is 11.9 Å². The smallest absolute Gasteiger partial charge is 0.343 e. The third-order valence-electron chi connectivity index (χ3n) is 3.63. The highest BCUT2D eigenvalue weighted by Gasteiger charge is 2.31. The van der Waals surface area contributed by atoms with Crippen LogP contribution in [0.4, 0.5) is 0 Å². The third-order valence-corrected chi connectivity index (χ3v) is 3.63. The highest BCUT2D eigenvalue weighted by Crippen LogP contribution is 2.46. The minimum Gasteiger partial charge on any atom is -0.422 e. The first-order valence-corrected chi connectivity index (χ1v) is 8.00. The summed E-state index contributed by atoms with van der Waals surface area (Å²) in [5, 5.41) is 1.44. The average Bonchev–Trinajstić information content (AvgIpc) is 3.08. The quantitative estimate of drug-likeness (QED) is 0.398. The Morgan fingerprint density at radius 2 is 1.00 bits per heavy atom. The fourth-order valence-corrected chi connectivity index (χ4v) is 2.57. The van der Waals surface area contributed by atoms with Crippen molar-refractivity contribution in [2.45, 2.75) is 27.7 Å². The van der Waals surface area contributed by atoms with E-state index in [9.17, 15) is 9.59 Å². The highest BCUT2D eigenvalue weighted by molar-refractivity contribution is 6.25. The van der Waals surface area contributed by atoms with Crippen molar-refractivity contribution in [2.75, 3.05) is 0 Å². The minimum atomic E-state index is -0.450. The van der Waals surface area contributed by atoms with Gasteiger partial charge in [0.25, 0.3) is 0 Å². The van der Waals surface area contributed by atoms with E-state index in [1.807, 2.05) is 27.7 Å². The van der Waals surface area contributed by atoms with E-state index in [1.165, 1.54) is 0 Å². The van der Waals surface area contributed by atoms with E-state index in [4.69, 9.17) is 9.47 Å². The summed E-state index contributed by atoms with van der Waals surface area (Å²) in [6.45, 7) is 15.4. The van der Waals surface area contributed by atoms with Crippen LogP contribution < -0.4 is 9.47 Å². The van der Waals surface area contributed by atoms with Gasteiger partial charge < -0.3 is 9.47 Å². The summed E-state index contributed by atoms with van der Waals surface area (Å²) >= 11 is 0. The van der Waals surface area contributed by atoms with Crippen LogP contribution in [0.3, 0.4) is 0 Å². The predicted molar refractivity (Wildman–Crippen MR) is 96.0 cm³/mol. The first kappa shape index (κ1) is 17.5. The van der Waals surface area contributed by atoms with Gasteiger partial charge in [0.05, 0.1) is 11.1 Å². The molecule has 4 heteroatoms. The molecule has 0 saturated carbocycles. The molecule has 2 aliphatic rings. The lowest BCUT2D eigenvalue weighted by atomic mass is 9.98. The van der Waals surface area contributed by atoms with Crippen LogP contribution in [-0.2, 0) is 9.59 Å². The lowest BCUT2D eigenvalue weighted by Gasteiger charge is -2.06. The molecule has 2 aromatic rings. The van der Waals surface area contributed by atoms with Crippen LogP contribution in [0.2, 0.25) is 0 Å². The van der Waals surface area contributed by atoms with Crippen molar-refractivity contribution >= 4 is 33.9 Å². The molecule has 0 spiro atoms. The van der Waals surface area contributed by atoms with E-state index in [1.54, 1.807) is 24.3 Å². The van der Waals surface area contributed by atoms with Gasteiger partial charge in [-0.3, -0.25) is 0 Å². The summed E-state index contributed by atoms with van der Waals surface area (Å²) in [6.07, 6.45) is 0. The van der Waals surface area contributed by atoms with E-state index >= 15 is 0 Å². The standard InChI is InChI=1S/C16H8O4.2C2H6/c1-7-9-3-5-12-11(13(9)19-15(7)17)6-4-10-8(2)16(18)20-14(10)12;2*1-2/h3-6H,1-2H2;2*1-2H3. The second kappa shape index (κ2) is 6.71. The maximum Gasteiger partial charge on any atom is 0.343 e. The zero-order chi connectivity index (χ0) is 18.0. The molecule has 0 aliphatic carbocycles. The molecule has 0 bridgehead atoms. The largest absolute Gasteiger partial charge is 0.422 e. The molecular weight excluding hydrogens is 304 g/mol. The summed E-state index contributed by atoms with van der Waals surface area (Å²) < 4.78 is 10.5. The zero-order valence-electron chi connectivity index (χ0n) is 14.4. The van der Waals surface area contributed by atoms with Crippen molar-refractivity contribution in [3.63, 3.8) is 0 Å². The van der Waals surface area contributed by atoms with Crippen LogP contribution in [0, 0.1) is 0 Å². The summed E-state index contributed by atoms with van der Waals surface area (Å²) in [5.41, 5.74) is 2.02. The molecule has 124 valence electrons. The zero-order valence-corrected chi connectivity index (χ0v) is 14.4. The fourth-order valence-electron chi connectivity index (χ4n) is 2.57. The van der Waals surface area contributed by atoms with Crippen molar-refractivity contribution in [1.82, 2.24) is 0 Å². The summed E-state index contributed by atoms with van der Waals surface area (Å²) in [4.78, 5) is 23.2. The molecule has 0 aromatic heterocycles. The SMILES string of the molecule is C=C1C(=O)Oc2c1ccc1c3c(ccc21)C(=C)C(=O)O3.CC.CC. The molecular formula is C20H20O4. The number of hydrogen-bond acceptors (Lipinski definition) is 4. The van der Waals surface area contributed by atoms with Crippen LogP contribution in [0.5, 0.6) is 11.5 Å². The molecule has 2 aliphatic heterocycles. The molecule has 24 heavy (non-hydrogen) atoms. The van der Waals surface area contributed by atoms with Crippen LogP contribution in [0.25, 0.3) is 21.9 Å². The van der Waals surface area contributed by atoms with Gasteiger partial charge in [-0.1, -0.05) is 40.9 Å². The van der Waals surface area contributed by atoms with Crippen LogP contribution in [0.1, 0.15) is 38.8 Å². The van der Waals surface area contributed by atoms with Gasteiger partial charge in [0.15, 0.2) is 0 Å². The van der Waals surface area contributed by atoms with E-state index < -0.39 is 11.9 Å². The normalized spacial score (nSPS) is 14.0. The van der Waals surface area contributed by atoms with Gasteiger partial charge in [-0.15, -0.1) is 0 Å². The summed E-state index contributed by atoms with van der Waals surface area (Å²) in [5.74, 6) is 0.0338. The molecule has 0 unspecified atom stereocenters. The third kappa shape index (κ3) is 2.40. The van der Waals surface area contributed by atoms with E-state index in [0.717, 1.165) is 10.8 Å². The van der Waals surface area contributed by atoms with Gasteiger partial charge in [-0.05, 0) is 24.3 Å². The second-order valence-electron chi connectivity index (χ2n) is 4.72. The van der Waals surface area contributed by atoms with E-state index in [-0.39, 0.29) is 0 Å². The number of fused-ring (bicyclic) bond motifs is 5. The molecule has 4 nitrogen and oxygen atoms in total. The number of carbonyl (C=O) groups excluding carboxylic acids is 2. The van der Waals surface area contributed by atoms with Crippen molar-refractivity contribution in [3.8, 4) is 11.5 Å². The summed E-state index contributed by atoms with van der Waals surface area (Å²) in [7, 11) is 0. The Hall–Kier alpha value is -2.88. The van der Waals surface area contributed by atoms with Crippen LogP contribution in [0.15, 0.2) is 37.4 Å². The molecule has 0 saturated heterocycles.